The van der Waals surface area contributed by atoms with Gasteiger partial charge in [0.2, 0.25) is 0 Å². The number of anilines is 1. The molecule has 2 heterocycles. The predicted molar refractivity (Wildman–Crippen MR) is 71.5 cm³/mol. The van der Waals surface area contributed by atoms with E-state index in [4.69, 9.17) is 0 Å². The first-order chi connectivity index (χ1) is 9.20. The maximum atomic E-state index is 12.8. The predicted octanol–water partition coefficient (Wildman–Crippen LogP) is 2.79. The Morgan fingerprint density at radius 3 is 2.84 bits per heavy atom. The number of nitrogens with zero attached hydrogens (tertiary/aromatic N) is 3. The van der Waals surface area contributed by atoms with Crippen molar-refractivity contribution in [2.45, 2.75) is 13.5 Å². The second kappa shape index (κ2) is 4.68. The quantitative estimate of drug-likeness (QED) is 0.783. The highest BCUT2D eigenvalue weighted by molar-refractivity contribution is 5.44. The van der Waals surface area contributed by atoms with Crippen LogP contribution in [0.5, 0.6) is 0 Å². The molecule has 1 aromatic carbocycles. The van der Waals surface area contributed by atoms with Gasteiger partial charge in [0, 0.05) is 36.3 Å². The number of halogens is 1. The maximum Gasteiger partial charge on any atom is 0.155 e. The van der Waals surface area contributed by atoms with E-state index in [9.17, 15) is 4.39 Å². The van der Waals surface area contributed by atoms with Gasteiger partial charge in [0.15, 0.2) is 5.65 Å². The Morgan fingerprint density at radius 2 is 2.05 bits per heavy atom. The smallest absolute Gasteiger partial charge is 0.155 e. The highest BCUT2D eigenvalue weighted by Gasteiger charge is 2.01. The van der Waals surface area contributed by atoms with Crippen molar-refractivity contribution in [1.29, 1.82) is 0 Å². The summed E-state index contributed by atoms with van der Waals surface area (Å²) in [6.07, 6.45) is 3.75. The van der Waals surface area contributed by atoms with Crippen LogP contribution in [0.25, 0.3) is 5.65 Å². The number of hydrogen-bond donors (Lipinski definition) is 1. The minimum atomic E-state index is -0.236. The van der Waals surface area contributed by atoms with Crippen molar-refractivity contribution in [3.63, 3.8) is 0 Å². The van der Waals surface area contributed by atoms with E-state index in [0.717, 1.165) is 22.6 Å². The molecule has 4 nitrogen and oxygen atoms in total. The molecule has 19 heavy (non-hydrogen) atoms. The van der Waals surface area contributed by atoms with Gasteiger partial charge < -0.3 is 5.32 Å². The van der Waals surface area contributed by atoms with Crippen LogP contribution in [0.2, 0.25) is 0 Å². The minimum absolute atomic E-state index is 0.236. The van der Waals surface area contributed by atoms with Gasteiger partial charge in [0.25, 0.3) is 0 Å². The van der Waals surface area contributed by atoms with Crippen LogP contribution >= 0.6 is 0 Å². The summed E-state index contributed by atoms with van der Waals surface area (Å²) in [4.78, 5) is 4.33. The van der Waals surface area contributed by atoms with Gasteiger partial charge in [-0.25, -0.2) is 13.9 Å². The molecule has 0 spiro atoms. The molecule has 0 atom stereocenters. The van der Waals surface area contributed by atoms with Crippen molar-refractivity contribution in [2.75, 3.05) is 5.32 Å². The van der Waals surface area contributed by atoms with Crippen molar-refractivity contribution >= 4 is 11.3 Å². The third kappa shape index (κ3) is 2.54. The van der Waals surface area contributed by atoms with Crippen LogP contribution in [-0.2, 0) is 6.54 Å². The number of aryl methyl sites for hydroxylation is 1. The van der Waals surface area contributed by atoms with Gasteiger partial charge >= 0.3 is 0 Å². The third-order valence-corrected chi connectivity index (χ3v) is 2.83. The van der Waals surface area contributed by atoms with Gasteiger partial charge in [-0.2, -0.15) is 5.10 Å². The molecule has 3 rings (SSSR count). The lowest BCUT2D eigenvalue weighted by atomic mass is 10.3. The molecule has 96 valence electrons. The molecule has 0 bridgehead atoms. The number of fused-ring (bicyclic) bond motifs is 1. The fourth-order valence-corrected chi connectivity index (χ4v) is 1.90. The molecule has 1 N–H and O–H groups in total. The van der Waals surface area contributed by atoms with E-state index in [1.165, 1.54) is 12.1 Å². The fourth-order valence-electron chi connectivity index (χ4n) is 1.90. The SMILES string of the molecule is Cc1cc2ncc(CNc3ccc(F)cc3)cn2n1. The molecular weight excluding hydrogens is 243 g/mol. The molecule has 0 saturated heterocycles. The van der Waals surface area contributed by atoms with Crippen molar-refractivity contribution < 1.29 is 4.39 Å². The van der Waals surface area contributed by atoms with Crippen LogP contribution < -0.4 is 5.32 Å². The van der Waals surface area contributed by atoms with E-state index in [1.807, 2.05) is 25.4 Å². The van der Waals surface area contributed by atoms with Crippen molar-refractivity contribution in [3.05, 3.63) is 59.8 Å². The lowest BCUT2D eigenvalue weighted by Crippen LogP contribution is -2.02. The zero-order valence-electron chi connectivity index (χ0n) is 10.5. The number of aromatic nitrogens is 3. The molecule has 0 aliphatic carbocycles. The second-order valence-electron chi connectivity index (χ2n) is 4.41. The van der Waals surface area contributed by atoms with E-state index >= 15 is 0 Å². The van der Waals surface area contributed by atoms with Crippen LogP contribution in [0.1, 0.15) is 11.3 Å². The van der Waals surface area contributed by atoms with E-state index in [-0.39, 0.29) is 5.82 Å². The molecule has 3 aromatic rings. The summed E-state index contributed by atoms with van der Waals surface area (Å²) in [6.45, 7) is 2.55. The third-order valence-electron chi connectivity index (χ3n) is 2.83. The molecular formula is C14H13FN4. The Balaban J connectivity index is 1.75. The van der Waals surface area contributed by atoms with Crippen LogP contribution in [0.15, 0.2) is 42.7 Å². The fraction of sp³-hybridized carbons (Fsp3) is 0.143. The molecule has 0 amide bonds. The lowest BCUT2D eigenvalue weighted by Gasteiger charge is -2.06. The number of nitrogens with one attached hydrogen (secondary N) is 1. The van der Waals surface area contributed by atoms with Crippen molar-refractivity contribution in [3.8, 4) is 0 Å². The van der Waals surface area contributed by atoms with Gasteiger partial charge in [0.1, 0.15) is 5.82 Å². The maximum absolute atomic E-state index is 12.8. The van der Waals surface area contributed by atoms with Gasteiger partial charge in [-0.1, -0.05) is 0 Å². The molecule has 0 fully saturated rings. The normalized spacial score (nSPS) is 10.8. The number of benzene rings is 1. The summed E-state index contributed by atoms with van der Waals surface area (Å²) >= 11 is 0. The first-order valence-electron chi connectivity index (χ1n) is 6.01. The van der Waals surface area contributed by atoms with E-state index in [2.05, 4.69) is 15.4 Å². The first-order valence-corrected chi connectivity index (χ1v) is 6.01. The van der Waals surface area contributed by atoms with Crippen molar-refractivity contribution in [1.82, 2.24) is 14.6 Å². The zero-order chi connectivity index (χ0) is 13.2. The zero-order valence-corrected chi connectivity index (χ0v) is 10.5. The molecule has 2 aromatic heterocycles. The second-order valence-corrected chi connectivity index (χ2v) is 4.41. The summed E-state index contributed by atoms with van der Waals surface area (Å²) in [5.41, 5.74) is 3.66. The summed E-state index contributed by atoms with van der Waals surface area (Å²) in [5.74, 6) is -0.236. The van der Waals surface area contributed by atoms with E-state index < -0.39 is 0 Å². The molecule has 0 aliphatic heterocycles. The van der Waals surface area contributed by atoms with Gasteiger partial charge in [-0.15, -0.1) is 0 Å². The Kier molecular flexibility index (Phi) is 2.87. The van der Waals surface area contributed by atoms with Crippen LogP contribution in [0.4, 0.5) is 10.1 Å². The average molecular weight is 256 g/mol. The van der Waals surface area contributed by atoms with E-state index in [0.29, 0.717) is 6.54 Å². The van der Waals surface area contributed by atoms with Crippen LogP contribution in [0, 0.1) is 12.7 Å². The van der Waals surface area contributed by atoms with Crippen LogP contribution in [0.3, 0.4) is 0 Å². The number of hydrogen-bond acceptors (Lipinski definition) is 3. The lowest BCUT2D eigenvalue weighted by molar-refractivity contribution is 0.628. The molecule has 0 radical (unpaired) electrons. The summed E-state index contributed by atoms with van der Waals surface area (Å²) in [6, 6.07) is 8.21. The Bertz CT molecular complexity index is 703. The monoisotopic (exact) mass is 256 g/mol. The largest absolute Gasteiger partial charge is 0.381 e. The summed E-state index contributed by atoms with van der Waals surface area (Å²) in [7, 11) is 0. The molecule has 0 aliphatic rings. The number of rotatable bonds is 3. The Hall–Kier alpha value is -2.43. The molecule has 0 saturated carbocycles. The standard InChI is InChI=1S/C14H13FN4/c1-10-6-14-17-8-11(9-19(14)18-10)7-16-13-4-2-12(15)3-5-13/h2-6,8-9,16H,7H2,1H3. The average Bonchev–Trinajstić information content (AvgIpc) is 2.77. The van der Waals surface area contributed by atoms with Crippen LogP contribution in [-0.4, -0.2) is 14.6 Å². The van der Waals surface area contributed by atoms with Crippen molar-refractivity contribution in [2.24, 2.45) is 0 Å². The van der Waals surface area contributed by atoms with Gasteiger partial charge in [-0.3, -0.25) is 0 Å². The Labute approximate surface area is 109 Å². The Morgan fingerprint density at radius 1 is 1.26 bits per heavy atom. The minimum Gasteiger partial charge on any atom is -0.381 e. The first kappa shape index (κ1) is 11.6. The van der Waals surface area contributed by atoms with Gasteiger partial charge in [0.05, 0.1) is 5.69 Å². The topological polar surface area (TPSA) is 42.2 Å². The van der Waals surface area contributed by atoms with Gasteiger partial charge in [-0.05, 0) is 31.2 Å². The molecule has 5 heteroatoms. The summed E-state index contributed by atoms with van der Waals surface area (Å²) < 4.78 is 14.5. The summed E-state index contributed by atoms with van der Waals surface area (Å²) in [5, 5.41) is 7.53. The highest BCUT2D eigenvalue weighted by atomic mass is 19.1. The highest BCUT2D eigenvalue weighted by Crippen LogP contribution is 2.11. The van der Waals surface area contributed by atoms with E-state index in [1.54, 1.807) is 16.6 Å². The molecule has 0 unspecified atom stereocenters.